The molecule has 1 aromatic carbocycles. The summed E-state index contributed by atoms with van der Waals surface area (Å²) < 4.78 is 1.29. The van der Waals surface area contributed by atoms with Gasteiger partial charge in [0.1, 0.15) is 0 Å². The molecule has 0 amide bonds. The van der Waals surface area contributed by atoms with Gasteiger partial charge in [0.2, 0.25) is 0 Å². The third kappa shape index (κ3) is 4.80. The molecule has 15 heavy (non-hydrogen) atoms. The molecule has 0 bridgehead atoms. The summed E-state index contributed by atoms with van der Waals surface area (Å²) in [6, 6.07) is 9.25. The van der Waals surface area contributed by atoms with E-state index in [1.165, 1.54) is 9.13 Å². The van der Waals surface area contributed by atoms with Crippen LogP contribution in [0.2, 0.25) is 0 Å². The van der Waals surface area contributed by atoms with Crippen LogP contribution in [-0.4, -0.2) is 12.6 Å². The summed E-state index contributed by atoms with van der Waals surface area (Å²) in [5.41, 5.74) is 1.39. The first-order valence-electron chi connectivity index (χ1n) is 5.35. The quantitative estimate of drug-likeness (QED) is 0.627. The number of rotatable bonds is 6. The summed E-state index contributed by atoms with van der Waals surface area (Å²) in [5.74, 6) is 0. The van der Waals surface area contributed by atoms with Gasteiger partial charge in [0.25, 0.3) is 0 Å². The molecule has 1 unspecified atom stereocenters. The number of halogens is 1. The molecule has 0 aliphatic heterocycles. The maximum absolute atomic E-state index is 3.80. The highest BCUT2D eigenvalue weighted by molar-refractivity contribution is 14.1. The molecule has 0 fully saturated rings. The SMILES string of the molecule is C=CCC(Cc1ccc(I)cc1)NCC. The first-order chi connectivity index (χ1) is 7.26. The predicted octanol–water partition coefficient (Wildman–Crippen LogP) is 3.39. The highest BCUT2D eigenvalue weighted by Crippen LogP contribution is 2.10. The molecule has 1 aromatic rings. The van der Waals surface area contributed by atoms with Gasteiger partial charge >= 0.3 is 0 Å². The molecular formula is C13H18IN. The first-order valence-corrected chi connectivity index (χ1v) is 6.42. The number of hydrogen-bond acceptors (Lipinski definition) is 1. The zero-order valence-corrected chi connectivity index (χ0v) is 11.3. The summed E-state index contributed by atoms with van der Waals surface area (Å²) in [4.78, 5) is 0. The van der Waals surface area contributed by atoms with Crippen LogP contribution in [-0.2, 0) is 6.42 Å². The second kappa shape index (κ2) is 7.01. The standard InChI is InChI=1S/C13H18IN/c1-3-5-13(15-4-2)10-11-6-8-12(14)9-7-11/h3,6-9,13,15H,1,4-5,10H2,2H3. The zero-order chi connectivity index (χ0) is 11.1. The fourth-order valence-electron chi connectivity index (χ4n) is 1.63. The Morgan fingerprint density at radius 1 is 1.40 bits per heavy atom. The van der Waals surface area contributed by atoms with Gasteiger partial charge < -0.3 is 5.32 Å². The van der Waals surface area contributed by atoms with Crippen molar-refractivity contribution in [2.24, 2.45) is 0 Å². The molecule has 0 radical (unpaired) electrons. The van der Waals surface area contributed by atoms with Gasteiger partial charge in [0.05, 0.1) is 0 Å². The van der Waals surface area contributed by atoms with Gasteiger partial charge in [0, 0.05) is 9.61 Å². The molecule has 1 atom stereocenters. The van der Waals surface area contributed by atoms with Crippen molar-refractivity contribution in [1.29, 1.82) is 0 Å². The molecule has 0 saturated carbocycles. The lowest BCUT2D eigenvalue weighted by atomic mass is 10.0. The van der Waals surface area contributed by atoms with E-state index in [-0.39, 0.29) is 0 Å². The van der Waals surface area contributed by atoms with Crippen molar-refractivity contribution in [3.8, 4) is 0 Å². The molecule has 82 valence electrons. The average molecular weight is 315 g/mol. The minimum absolute atomic E-state index is 0.521. The van der Waals surface area contributed by atoms with E-state index in [4.69, 9.17) is 0 Å². The third-order valence-corrected chi connectivity index (χ3v) is 3.06. The molecule has 0 heterocycles. The van der Waals surface area contributed by atoms with Gasteiger partial charge in [-0.2, -0.15) is 0 Å². The molecule has 1 nitrogen and oxygen atoms in total. The lowest BCUT2D eigenvalue weighted by Gasteiger charge is -2.15. The summed E-state index contributed by atoms with van der Waals surface area (Å²) in [5, 5.41) is 3.47. The maximum atomic E-state index is 3.80. The maximum Gasteiger partial charge on any atom is 0.0142 e. The first kappa shape index (κ1) is 12.7. The van der Waals surface area contributed by atoms with E-state index in [0.29, 0.717) is 6.04 Å². The number of nitrogens with one attached hydrogen (secondary N) is 1. The van der Waals surface area contributed by atoms with Gasteiger partial charge in [-0.3, -0.25) is 0 Å². The van der Waals surface area contributed by atoms with E-state index in [1.807, 2.05) is 6.08 Å². The van der Waals surface area contributed by atoms with Crippen LogP contribution >= 0.6 is 22.6 Å². The van der Waals surface area contributed by atoms with Crippen molar-refractivity contribution in [2.75, 3.05) is 6.54 Å². The van der Waals surface area contributed by atoms with Gasteiger partial charge in [-0.25, -0.2) is 0 Å². The second-order valence-electron chi connectivity index (χ2n) is 3.61. The van der Waals surface area contributed by atoms with Crippen LogP contribution in [0.5, 0.6) is 0 Å². The van der Waals surface area contributed by atoms with E-state index in [1.54, 1.807) is 0 Å². The van der Waals surface area contributed by atoms with Crippen molar-refractivity contribution in [3.05, 3.63) is 46.1 Å². The molecule has 0 aliphatic rings. The van der Waals surface area contributed by atoms with Crippen LogP contribution < -0.4 is 5.32 Å². The second-order valence-corrected chi connectivity index (χ2v) is 4.86. The van der Waals surface area contributed by atoms with Crippen LogP contribution in [0.25, 0.3) is 0 Å². The number of benzene rings is 1. The molecule has 0 aromatic heterocycles. The number of likely N-dealkylation sites (N-methyl/N-ethyl adjacent to an activating group) is 1. The summed E-state index contributed by atoms with van der Waals surface area (Å²) in [6.45, 7) is 6.96. The molecule has 2 heteroatoms. The summed E-state index contributed by atoms with van der Waals surface area (Å²) in [7, 11) is 0. The normalized spacial score (nSPS) is 12.4. The smallest absolute Gasteiger partial charge is 0.0142 e. The zero-order valence-electron chi connectivity index (χ0n) is 9.17. The molecule has 0 aliphatic carbocycles. The van der Waals surface area contributed by atoms with Crippen LogP contribution in [0.4, 0.5) is 0 Å². The highest BCUT2D eigenvalue weighted by Gasteiger charge is 2.05. The van der Waals surface area contributed by atoms with Crippen molar-refractivity contribution in [1.82, 2.24) is 5.32 Å². The lowest BCUT2D eigenvalue weighted by Crippen LogP contribution is -2.30. The van der Waals surface area contributed by atoms with Gasteiger partial charge in [-0.05, 0) is 59.7 Å². The van der Waals surface area contributed by atoms with Crippen LogP contribution in [0.1, 0.15) is 18.9 Å². The highest BCUT2D eigenvalue weighted by atomic mass is 127. The van der Waals surface area contributed by atoms with Gasteiger partial charge in [-0.15, -0.1) is 6.58 Å². The van der Waals surface area contributed by atoms with E-state index in [0.717, 1.165) is 19.4 Å². The Hall–Kier alpha value is -0.350. The molecule has 1 N–H and O–H groups in total. The Labute approximate surface area is 106 Å². The molecule has 1 rings (SSSR count). The van der Waals surface area contributed by atoms with Gasteiger partial charge in [0.15, 0.2) is 0 Å². The monoisotopic (exact) mass is 315 g/mol. The van der Waals surface area contributed by atoms with Crippen LogP contribution in [0, 0.1) is 3.57 Å². The Kier molecular flexibility index (Phi) is 5.95. The summed E-state index contributed by atoms with van der Waals surface area (Å²) in [6.07, 6.45) is 4.09. The number of hydrogen-bond donors (Lipinski definition) is 1. The van der Waals surface area contributed by atoms with E-state index < -0.39 is 0 Å². The largest absolute Gasteiger partial charge is 0.314 e. The van der Waals surface area contributed by atoms with Crippen LogP contribution in [0.15, 0.2) is 36.9 Å². The Bertz CT molecular complexity index is 292. The predicted molar refractivity (Wildman–Crippen MR) is 75.1 cm³/mol. The average Bonchev–Trinajstić information content (AvgIpc) is 2.22. The molecular weight excluding hydrogens is 297 g/mol. The van der Waals surface area contributed by atoms with E-state index in [9.17, 15) is 0 Å². The minimum Gasteiger partial charge on any atom is -0.314 e. The van der Waals surface area contributed by atoms with E-state index >= 15 is 0 Å². The fraction of sp³-hybridized carbons (Fsp3) is 0.385. The van der Waals surface area contributed by atoms with Crippen molar-refractivity contribution >= 4 is 22.6 Å². The molecule has 0 spiro atoms. The fourth-order valence-corrected chi connectivity index (χ4v) is 1.99. The molecule has 0 saturated heterocycles. The topological polar surface area (TPSA) is 12.0 Å². The third-order valence-electron chi connectivity index (χ3n) is 2.34. The summed E-state index contributed by atoms with van der Waals surface area (Å²) >= 11 is 2.33. The minimum atomic E-state index is 0.521. The Morgan fingerprint density at radius 2 is 2.07 bits per heavy atom. The lowest BCUT2D eigenvalue weighted by molar-refractivity contribution is 0.529. The Morgan fingerprint density at radius 3 is 2.60 bits per heavy atom. The van der Waals surface area contributed by atoms with Crippen molar-refractivity contribution in [3.63, 3.8) is 0 Å². The van der Waals surface area contributed by atoms with Gasteiger partial charge in [-0.1, -0.05) is 25.1 Å². The Balaban J connectivity index is 2.56. The van der Waals surface area contributed by atoms with E-state index in [2.05, 4.69) is 65.7 Å². The van der Waals surface area contributed by atoms with Crippen molar-refractivity contribution in [2.45, 2.75) is 25.8 Å². The van der Waals surface area contributed by atoms with Crippen molar-refractivity contribution < 1.29 is 0 Å². The van der Waals surface area contributed by atoms with Crippen LogP contribution in [0.3, 0.4) is 0 Å².